The van der Waals surface area contributed by atoms with Gasteiger partial charge in [0.25, 0.3) is 0 Å². The third-order valence-electron chi connectivity index (χ3n) is 25.2. The normalized spacial score (nSPS) is 32.3. The Balaban J connectivity index is 0.549. The number of nitrogens with one attached hydrogen (secondary N) is 3. The van der Waals surface area contributed by atoms with Gasteiger partial charge in [0.2, 0.25) is 17.7 Å². The number of hydrogen-bond donors (Lipinski definition) is 14. The summed E-state index contributed by atoms with van der Waals surface area (Å²) >= 11 is 0. The molecule has 43 nitrogen and oxygen atoms in total. The number of carbonyl (C=O) groups excluding carboxylic acids is 4. The van der Waals surface area contributed by atoms with Gasteiger partial charge in [0.15, 0.2) is 37.0 Å². The van der Waals surface area contributed by atoms with Crippen molar-refractivity contribution in [1.82, 2.24) is 16.0 Å². The first-order chi connectivity index (χ1) is 64.5. The molecule has 0 aromatic rings. The number of aliphatic hydroxyl groups is 10. The van der Waals surface area contributed by atoms with Gasteiger partial charge >= 0.3 is 5.97 Å². The molecule has 0 radical (unpaired) electrons. The number of aliphatic hydroxyl groups excluding tert-OH is 10. The number of ether oxygens (including phenoxy) is 24. The number of aliphatic carboxylic acids is 1. The number of Topliss-reactive ketones (excluding diaryl/α,β-unsaturated/α-hetero) is 1. The molecular weight excluding hydrogens is 1760 g/mol. The van der Waals surface area contributed by atoms with Gasteiger partial charge in [0.1, 0.15) is 98.5 Å². The van der Waals surface area contributed by atoms with E-state index in [1.807, 2.05) is 13.8 Å². The molecule has 4 heterocycles. The SMILES string of the molecule is CC1O[C@@H](O[C@@H]2C(C)CCC[C@H]2O[C@@H]2O[C@@H](CO)[C@H](O)C(OCCC3CCCCC3)C2NC(=O)CCC(=O)COCCOCCOCCOCCOCCOCCOCCOCCOCCOCCOCCOCCOCCOCC(=O)NCC(=O)NC2C(O[C@@H](CC3CCCCC3)C(=O)O)[C@@H](O)[C@H](CO)O[C@H]2O[C@@H]2CCCC(C)[C@H]2O[C@@H]2OC(C)[C@@H](O)[C@H](O)C2O)C(O)[C@@H](O)[C@@H]1O. The summed E-state index contributed by atoms with van der Waals surface area (Å²) in [5.41, 5.74) is 0. The highest BCUT2D eigenvalue weighted by molar-refractivity contribution is 5.86. The highest BCUT2D eigenvalue weighted by Crippen LogP contribution is 2.40. The van der Waals surface area contributed by atoms with Gasteiger partial charge in [0, 0.05) is 19.4 Å². The Morgan fingerprint density at radius 3 is 1.09 bits per heavy atom. The second-order valence-corrected chi connectivity index (χ2v) is 35.4. The fourth-order valence-corrected chi connectivity index (χ4v) is 17.5. The Morgan fingerprint density at radius 2 is 0.699 bits per heavy atom. The second-order valence-electron chi connectivity index (χ2n) is 35.4. The molecule has 10 unspecified atom stereocenters. The molecule has 0 aromatic carbocycles. The van der Waals surface area contributed by atoms with Crippen LogP contribution >= 0.6 is 0 Å². The lowest BCUT2D eigenvalue weighted by Crippen LogP contribution is -2.67. The Bertz CT molecular complexity index is 3090. The van der Waals surface area contributed by atoms with Crippen molar-refractivity contribution >= 4 is 29.5 Å². The molecule has 133 heavy (non-hydrogen) atoms. The molecule has 14 N–H and O–H groups in total. The summed E-state index contributed by atoms with van der Waals surface area (Å²) in [6, 6.07) is -2.47. The van der Waals surface area contributed by atoms with Gasteiger partial charge in [-0.3, -0.25) is 19.2 Å². The fourth-order valence-electron chi connectivity index (χ4n) is 17.5. The van der Waals surface area contributed by atoms with Crippen LogP contribution in [-0.4, -0.2) is 450 Å². The van der Waals surface area contributed by atoms with Gasteiger partial charge in [0.05, 0.1) is 228 Å². The average Bonchev–Trinajstić information content (AvgIpc) is 0.792. The Kier molecular flexibility index (Phi) is 56.8. The summed E-state index contributed by atoms with van der Waals surface area (Å²) in [5, 5.41) is 126. The first-order valence-electron chi connectivity index (χ1n) is 48.3. The number of carboxylic acid groups (broad SMARTS) is 1. The highest BCUT2D eigenvalue weighted by atomic mass is 16.8. The molecular formula is C90H159N3O40. The predicted molar refractivity (Wildman–Crippen MR) is 465 cm³/mol. The molecule has 4 aliphatic heterocycles. The minimum absolute atomic E-state index is 0.0383. The van der Waals surface area contributed by atoms with Gasteiger partial charge in [-0.25, -0.2) is 4.79 Å². The van der Waals surface area contributed by atoms with Gasteiger partial charge in [-0.15, -0.1) is 0 Å². The van der Waals surface area contributed by atoms with Crippen LogP contribution in [0.15, 0.2) is 0 Å². The summed E-state index contributed by atoms with van der Waals surface area (Å²) in [7, 11) is 0. The summed E-state index contributed by atoms with van der Waals surface area (Å²) < 4.78 is 140. The molecule has 8 aliphatic rings. The highest BCUT2D eigenvalue weighted by Gasteiger charge is 2.54. The van der Waals surface area contributed by atoms with Crippen molar-refractivity contribution in [3.05, 3.63) is 0 Å². The van der Waals surface area contributed by atoms with Crippen molar-refractivity contribution in [2.24, 2.45) is 23.7 Å². The summed E-state index contributed by atoms with van der Waals surface area (Å²) in [5.74, 6) is -3.35. The zero-order valence-corrected chi connectivity index (χ0v) is 78.3. The Morgan fingerprint density at radius 1 is 0.338 bits per heavy atom. The van der Waals surface area contributed by atoms with Gasteiger partial charge in [-0.2, -0.15) is 0 Å². The predicted octanol–water partition coefficient (Wildman–Crippen LogP) is -1.19. The molecule has 8 fully saturated rings. The first-order valence-corrected chi connectivity index (χ1v) is 48.3. The van der Waals surface area contributed by atoms with Crippen LogP contribution in [0.2, 0.25) is 0 Å². The van der Waals surface area contributed by atoms with Crippen LogP contribution in [0.1, 0.15) is 156 Å². The van der Waals surface area contributed by atoms with E-state index in [0.717, 1.165) is 77.0 Å². The number of rotatable bonds is 69. The third-order valence-corrected chi connectivity index (χ3v) is 25.2. The van der Waals surface area contributed by atoms with E-state index in [0.29, 0.717) is 164 Å². The summed E-state index contributed by atoms with van der Waals surface area (Å²) in [4.78, 5) is 66.0. The molecule has 3 amide bonds. The van der Waals surface area contributed by atoms with E-state index < -0.39 is 203 Å². The van der Waals surface area contributed by atoms with Crippen molar-refractivity contribution in [2.45, 2.75) is 309 Å². The smallest absolute Gasteiger partial charge is 0.332 e. The number of hydrogen-bond acceptors (Lipinski definition) is 39. The zero-order chi connectivity index (χ0) is 95.5. The molecule has 0 aromatic heterocycles. The van der Waals surface area contributed by atoms with E-state index >= 15 is 0 Å². The Labute approximate surface area is 780 Å². The largest absolute Gasteiger partial charge is 0.479 e. The van der Waals surface area contributed by atoms with Crippen molar-refractivity contribution < 1.29 is 194 Å². The van der Waals surface area contributed by atoms with Gasteiger partial charge in [-0.1, -0.05) is 90.9 Å². The van der Waals surface area contributed by atoms with Crippen molar-refractivity contribution in [3.8, 4) is 0 Å². The molecule has 0 bridgehead atoms. The van der Waals surface area contributed by atoms with Crippen LogP contribution in [-0.2, 0) is 138 Å². The van der Waals surface area contributed by atoms with Crippen molar-refractivity contribution in [2.75, 3.05) is 211 Å². The molecule has 0 spiro atoms. The fraction of sp³-hybridized carbons (Fsp3) is 0.944. The van der Waals surface area contributed by atoms with Crippen LogP contribution in [0.5, 0.6) is 0 Å². The molecule has 43 heteroatoms. The Hall–Kier alpha value is -3.81. The summed E-state index contributed by atoms with van der Waals surface area (Å²) in [6.45, 7) is 13.4. The lowest BCUT2D eigenvalue weighted by atomic mass is 9.85. The summed E-state index contributed by atoms with van der Waals surface area (Å²) in [6.07, 6.45) is -14.1. The minimum atomic E-state index is -1.65. The maximum Gasteiger partial charge on any atom is 0.332 e. The molecule has 27 atom stereocenters. The molecule has 8 rings (SSSR count). The lowest BCUT2D eigenvalue weighted by Gasteiger charge is -2.48. The molecule has 4 saturated carbocycles. The van der Waals surface area contributed by atoms with Crippen LogP contribution in [0.4, 0.5) is 0 Å². The maximum absolute atomic E-state index is 13.7. The van der Waals surface area contributed by atoms with Crippen LogP contribution in [0.25, 0.3) is 0 Å². The van der Waals surface area contributed by atoms with Crippen LogP contribution < -0.4 is 16.0 Å². The molecule has 4 aliphatic carbocycles. The van der Waals surface area contributed by atoms with E-state index in [1.165, 1.54) is 13.3 Å². The quantitative estimate of drug-likeness (QED) is 0.0318. The second kappa shape index (κ2) is 66.1. The van der Waals surface area contributed by atoms with E-state index in [1.54, 1.807) is 6.92 Å². The van der Waals surface area contributed by atoms with E-state index in [9.17, 15) is 80.1 Å². The zero-order valence-electron chi connectivity index (χ0n) is 78.3. The minimum Gasteiger partial charge on any atom is -0.479 e. The third kappa shape index (κ3) is 41.7. The number of ketones is 1. The first kappa shape index (κ1) is 114. The van der Waals surface area contributed by atoms with Gasteiger partial charge in [-0.05, 0) is 76.0 Å². The maximum atomic E-state index is 13.7. The molecule has 774 valence electrons. The number of amides is 3. The number of carbonyl (C=O) groups is 5. The van der Waals surface area contributed by atoms with E-state index in [-0.39, 0.29) is 95.7 Å². The lowest BCUT2D eigenvalue weighted by molar-refractivity contribution is -0.336. The van der Waals surface area contributed by atoms with Gasteiger partial charge < -0.3 is 186 Å². The topological polar surface area (TPSA) is 565 Å². The molecule has 4 saturated heterocycles. The van der Waals surface area contributed by atoms with Crippen LogP contribution in [0.3, 0.4) is 0 Å². The standard InChI is InChI=1S/C90H159N3O40/c1-57-13-11-19-64(82(57)132-89-80(106)78(104)74(100)59(3)125-89)128-87-72(84(76(102)67(53-94)130-87)124-24-23-61-15-7-5-8-16-61)92-69(97)22-21-63(96)55-122-49-47-120-45-43-118-41-39-116-37-35-114-33-31-112-29-27-110-25-26-111-28-30-113-32-34-115-36-38-117-40-42-119-44-46-121-48-50-123-56-71(99)91-52-70(98)93-73-85(127-66(86(108)109)51-62-17-9-6-10-18-62)77(103)68(54-95)131-88(73)129-65-20-12-14-58(2)83(65)133-90-81(107)79(105)75(101)60(4)126-90/h57-62,64-68,72-85,87-90,94-95,100-107H,5-56H2,1-4H3,(H,91,99)(H,92,97)(H,93,98)(H,108,109)/t57?,58?,59?,60?,64-,65-,66+,67+,68+,72?,73?,74-,75-,76+,77+,78+,79+,80?,81?,82-,83-,84?,85?,87-,88-,89+,90+/m1/s1. The van der Waals surface area contributed by atoms with E-state index in [4.69, 9.17) is 114 Å². The van der Waals surface area contributed by atoms with Crippen molar-refractivity contribution in [3.63, 3.8) is 0 Å². The van der Waals surface area contributed by atoms with Crippen LogP contribution in [0, 0.1) is 23.7 Å². The number of carboxylic acids is 1. The van der Waals surface area contributed by atoms with E-state index in [2.05, 4.69) is 16.0 Å². The van der Waals surface area contributed by atoms with Crippen molar-refractivity contribution in [1.29, 1.82) is 0 Å². The monoisotopic (exact) mass is 1920 g/mol. The average molecular weight is 1920 g/mol.